The highest BCUT2D eigenvalue weighted by molar-refractivity contribution is 5.89. The molecule has 0 saturated carbocycles. The summed E-state index contributed by atoms with van der Waals surface area (Å²) in [6.07, 6.45) is 0.753. The normalized spacial score (nSPS) is 16.9. The van der Waals surface area contributed by atoms with Gasteiger partial charge in [-0.25, -0.2) is 0 Å². The maximum atomic E-state index is 11.7. The number of hydrogen-bond donors (Lipinski definition) is 1. The Hall–Kier alpha value is -1.84. The molecule has 0 heterocycles. The number of amides is 1. The van der Waals surface area contributed by atoms with Crippen LogP contribution in [-0.4, -0.2) is 25.5 Å². The molecule has 0 fully saturated rings. The molecule has 1 aromatic carbocycles. The predicted octanol–water partition coefficient (Wildman–Crippen LogP) is 0.615. The second kappa shape index (κ2) is 4.35. The summed E-state index contributed by atoms with van der Waals surface area (Å²) in [7, 11) is 1.30. The van der Waals surface area contributed by atoms with Crippen molar-refractivity contribution in [3.05, 3.63) is 35.4 Å². The molecule has 1 aromatic rings. The summed E-state index contributed by atoms with van der Waals surface area (Å²) in [5, 5.41) is 2.56. The number of nitrogens with one attached hydrogen (secondary N) is 1. The van der Waals surface area contributed by atoms with Crippen LogP contribution in [0.15, 0.2) is 24.3 Å². The molecule has 0 radical (unpaired) electrons. The SMILES string of the molecule is COC(=O)CNC(=O)C1Cc2ccccc21. The van der Waals surface area contributed by atoms with Gasteiger partial charge in [0.1, 0.15) is 6.54 Å². The van der Waals surface area contributed by atoms with E-state index in [1.165, 1.54) is 12.7 Å². The molecule has 1 atom stereocenters. The van der Waals surface area contributed by atoms with Crippen molar-refractivity contribution in [1.29, 1.82) is 0 Å². The van der Waals surface area contributed by atoms with Gasteiger partial charge in [-0.1, -0.05) is 24.3 Å². The van der Waals surface area contributed by atoms with Crippen LogP contribution in [0.2, 0.25) is 0 Å². The van der Waals surface area contributed by atoms with Crippen molar-refractivity contribution < 1.29 is 14.3 Å². The number of methoxy groups -OCH3 is 1. The Morgan fingerprint density at radius 1 is 1.44 bits per heavy atom. The second-order valence-electron chi connectivity index (χ2n) is 3.75. The molecule has 4 heteroatoms. The molecule has 1 aliphatic rings. The number of carbonyl (C=O) groups excluding carboxylic acids is 2. The van der Waals surface area contributed by atoms with E-state index < -0.39 is 5.97 Å². The van der Waals surface area contributed by atoms with Gasteiger partial charge in [0, 0.05) is 0 Å². The molecule has 0 aliphatic heterocycles. The van der Waals surface area contributed by atoms with Crippen molar-refractivity contribution in [3.8, 4) is 0 Å². The molecule has 2 rings (SSSR count). The molecule has 84 valence electrons. The van der Waals surface area contributed by atoms with Crippen molar-refractivity contribution in [2.75, 3.05) is 13.7 Å². The topological polar surface area (TPSA) is 55.4 Å². The fraction of sp³-hybridized carbons (Fsp3) is 0.333. The lowest BCUT2D eigenvalue weighted by Gasteiger charge is -2.28. The van der Waals surface area contributed by atoms with E-state index in [2.05, 4.69) is 10.1 Å². The monoisotopic (exact) mass is 219 g/mol. The van der Waals surface area contributed by atoms with Gasteiger partial charge in [-0.3, -0.25) is 9.59 Å². The number of esters is 1. The molecular formula is C12H13NO3. The van der Waals surface area contributed by atoms with Crippen LogP contribution in [0.4, 0.5) is 0 Å². The summed E-state index contributed by atoms with van der Waals surface area (Å²) in [6, 6.07) is 7.83. The molecule has 1 N–H and O–H groups in total. The van der Waals surface area contributed by atoms with Gasteiger partial charge in [0.05, 0.1) is 13.0 Å². The highest BCUT2D eigenvalue weighted by Gasteiger charge is 2.31. The van der Waals surface area contributed by atoms with E-state index in [4.69, 9.17) is 0 Å². The molecule has 4 nitrogen and oxygen atoms in total. The van der Waals surface area contributed by atoms with Crippen LogP contribution in [0.1, 0.15) is 17.0 Å². The first-order chi connectivity index (χ1) is 7.72. The molecule has 0 bridgehead atoms. The number of fused-ring (bicyclic) bond motifs is 1. The van der Waals surface area contributed by atoms with Gasteiger partial charge in [-0.15, -0.1) is 0 Å². The molecule has 0 saturated heterocycles. The molecule has 1 aliphatic carbocycles. The van der Waals surface area contributed by atoms with Crippen molar-refractivity contribution in [1.82, 2.24) is 5.32 Å². The highest BCUT2D eigenvalue weighted by atomic mass is 16.5. The number of carbonyl (C=O) groups is 2. The molecular weight excluding hydrogens is 206 g/mol. The summed E-state index contributed by atoms with van der Waals surface area (Å²) in [6.45, 7) is -0.0615. The van der Waals surface area contributed by atoms with E-state index in [0.717, 1.165) is 12.0 Å². The number of benzene rings is 1. The third-order valence-corrected chi connectivity index (χ3v) is 2.81. The quantitative estimate of drug-likeness (QED) is 0.758. The minimum absolute atomic E-state index is 0.0615. The van der Waals surface area contributed by atoms with Crippen LogP contribution >= 0.6 is 0 Å². The predicted molar refractivity (Wildman–Crippen MR) is 57.9 cm³/mol. The van der Waals surface area contributed by atoms with E-state index >= 15 is 0 Å². The lowest BCUT2D eigenvalue weighted by atomic mass is 9.77. The van der Waals surface area contributed by atoms with E-state index in [9.17, 15) is 9.59 Å². The van der Waals surface area contributed by atoms with Crippen LogP contribution < -0.4 is 5.32 Å². The average molecular weight is 219 g/mol. The zero-order chi connectivity index (χ0) is 11.5. The van der Waals surface area contributed by atoms with Crippen LogP contribution in [-0.2, 0) is 20.7 Å². The van der Waals surface area contributed by atoms with Gasteiger partial charge in [-0.05, 0) is 17.5 Å². The Bertz CT molecular complexity index is 428. The van der Waals surface area contributed by atoms with Gasteiger partial charge in [-0.2, -0.15) is 0 Å². The van der Waals surface area contributed by atoms with E-state index in [-0.39, 0.29) is 18.4 Å². The molecule has 0 spiro atoms. The van der Waals surface area contributed by atoms with Gasteiger partial charge in [0.2, 0.25) is 5.91 Å². The largest absolute Gasteiger partial charge is 0.468 e. The Balaban J connectivity index is 1.92. The Morgan fingerprint density at radius 2 is 2.19 bits per heavy atom. The fourth-order valence-electron chi connectivity index (χ4n) is 1.85. The number of rotatable bonds is 3. The van der Waals surface area contributed by atoms with E-state index in [0.29, 0.717) is 0 Å². The zero-order valence-electron chi connectivity index (χ0n) is 9.03. The van der Waals surface area contributed by atoms with Crippen molar-refractivity contribution in [3.63, 3.8) is 0 Å². The average Bonchev–Trinajstić information content (AvgIpc) is 2.27. The molecule has 0 aromatic heterocycles. The van der Waals surface area contributed by atoms with Gasteiger partial charge in [0.15, 0.2) is 0 Å². The second-order valence-corrected chi connectivity index (χ2v) is 3.75. The van der Waals surface area contributed by atoms with Crippen molar-refractivity contribution in [2.45, 2.75) is 12.3 Å². The summed E-state index contributed by atoms with van der Waals surface area (Å²) >= 11 is 0. The first kappa shape index (κ1) is 10.7. The lowest BCUT2D eigenvalue weighted by Crippen LogP contribution is -2.38. The van der Waals surface area contributed by atoms with Crippen LogP contribution in [0.25, 0.3) is 0 Å². The van der Waals surface area contributed by atoms with Crippen LogP contribution in [0.5, 0.6) is 0 Å². The first-order valence-corrected chi connectivity index (χ1v) is 5.14. The van der Waals surface area contributed by atoms with Gasteiger partial charge >= 0.3 is 5.97 Å². The minimum atomic E-state index is -0.430. The number of ether oxygens (including phenoxy) is 1. The smallest absolute Gasteiger partial charge is 0.325 e. The van der Waals surface area contributed by atoms with Gasteiger partial charge < -0.3 is 10.1 Å². The maximum Gasteiger partial charge on any atom is 0.325 e. The van der Waals surface area contributed by atoms with Crippen molar-refractivity contribution >= 4 is 11.9 Å². The third kappa shape index (κ3) is 1.91. The molecule has 1 unspecified atom stereocenters. The maximum absolute atomic E-state index is 11.7. The van der Waals surface area contributed by atoms with Crippen LogP contribution in [0, 0.1) is 0 Å². The van der Waals surface area contributed by atoms with Crippen LogP contribution in [0.3, 0.4) is 0 Å². The summed E-state index contributed by atoms with van der Waals surface area (Å²) in [5.41, 5.74) is 2.27. The lowest BCUT2D eigenvalue weighted by molar-refractivity contribution is -0.141. The summed E-state index contributed by atoms with van der Waals surface area (Å²) in [5.74, 6) is -0.647. The standard InChI is InChI=1S/C12H13NO3/c1-16-11(14)7-13-12(15)10-6-8-4-2-3-5-9(8)10/h2-5,10H,6-7H2,1H3,(H,13,15). The summed E-state index contributed by atoms with van der Waals surface area (Å²) < 4.78 is 4.45. The Morgan fingerprint density at radius 3 is 2.88 bits per heavy atom. The highest BCUT2D eigenvalue weighted by Crippen LogP contribution is 2.34. The first-order valence-electron chi connectivity index (χ1n) is 5.14. The Kier molecular flexibility index (Phi) is 2.90. The number of hydrogen-bond acceptors (Lipinski definition) is 3. The fourth-order valence-corrected chi connectivity index (χ4v) is 1.85. The molecule has 1 amide bonds. The summed E-state index contributed by atoms with van der Waals surface area (Å²) in [4.78, 5) is 22.5. The third-order valence-electron chi connectivity index (χ3n) is 2.81. The Labute approximate surface area is 93.6 Å². The molecule has 16 heavy (non-hydrogen) atoms. The zero-order valence-corrected chi connectivity index (χ0v) is 9.03. The minimum Gasteiger partial charge on any atom is -0.468 e. The van der Waals surface area contributed by atoms with Crippen molar-refractivity contribution in [2.24, 2.45) is 0 Å². The van der Waals surface area contributed by atoms with E-state index in [1.807, 2.05) is 24.3 Å². The van der Waals surface area contributed by atoms with Gasteiger partial charge in [0.25, 0.3) is 0 Å². The van der Waals surface area contributed by atoms with E-state index in [1.54, 1.807) is 0 Å².